The lowest BCUT2D eigenvalue weighted by atomic mass is 10.0. The summed E-state index contributed by atoms with van der Waals surface area (Å²) in [7, 11) is 0. The molecule has 2 aromatic carbocycles. The smallest absolute Gasteiger partial charge is 0.258 e. The highest BCUT2D eigenvalue weighted by molar-refractivity contribution is 5.77. The number of nitrogens with one attached hydrogen (secondary N) is 1. The second kappa shape index (κ2) is 6.76. The van der Waals surface area contributed by atoms with Crippen LogP contribution in [0.15, 0.2) is 53.3 Å². The number of fused-ring (bicyclic) bond motifs is 1. The molecular formula is C20H20FN3O. The van der Waals surface area contributed by atoms with Gasteiger partial charge in [0.05, 0.1) is 10.9 Å². The monoisotopic (exact) mass is 337 g/mol. The van der Waals surface area contributed by atoms with Gasteiger partial charge in [0.1, 0.15) is 11.6 Å². The zero-order valence-corrected chi connectivity index (χ0v) is 13.9. The second-order valence-electron chi connectivity index (χ2n) is 6.53. The first kappa shape index (κ1) is 16.0. The van der Waals surface area contributed by atoms with Gasteiger partial charge in [-0.25, -0.2) is 9.37 Å². The standard InChI is InChI=1S/C20H20FN3O/c21-15-6-3-5-14(13-15)18-9-4-11-24(18)12-10-19-22-17-8-2-1-7-16(17)20(25)23-19/h1-3,5-8,13,18H,4,9-12H2,(H,22,23,25). The summed E-state index contributed by atoms with van der Waals surface area (Å²) in [6.07, 6.45) is 2.81. The Balaban J connectivity index is 1.51. The molecule has 0 spiro atoms. The van der Waals surface area contributed by atoms with Gasteiger partial charge in [-0.2, -0.15) is 0 Å². The van der Waals surface area contributed by atoms with Crippen LogP contribution in [0.5, 0.6) is 0 Å². The minimum absolute atomic E-state index is 0.0938. The molecule has 1 aromatic heterocycles. The number of rotatable bonds is 4. The molecular weight excluding hydrogens is 317 g/mol. The summed E-state index contributed by atoms with van der Waals surface area (Å²) >= 11 is 0. The van der Waals surface area contributed by atoms with Gasteiger partial charge in [-0.15, -0.1) is 0 Å². The predicted octanol–water partition coefficient (Wildman–Crippen LogP) is 3.44. The molecule has 0 radical (unpaired) electrons. The normalized spacial score (nSPS) is 18.0. The summed E-state index contributed by atoms with van der Waals surface area (Å²) in [5, 5.41) is 0.616. The summed E-state index contributed by atoms with van der Waals surface area (Å²) in [5.41, 5.74) is 1.66. The van der Waals surface area contributed by atoms with E-state index in [9.17, 15) is 9.18 Å². The fraction of sp³-hybridized carbons (Fsp3) is 0.300. The Hall–Kier alpha value is -2.53. The third kappa shape index (κ3) is 3.33. The lowest BCUT2D eigenvalue weighted by Crippen LogP contribution is -2.27. The molecule has 0 bridgehead atoms. The van der Waals surface area contributed by atoms with Gasteiger partial charge in [0, 0.05) is 19.0 Å². The zero-order chi connectivity index (χ0) is 17.2. The quantitative estimate of drug-likeness (QED) is 0.793. The predicted molar refractivity (Wildman–Crippen MR) is 96.0 cm³/mol. The molecule has 0 amide bonds. The van der Waals surface area contributed by atoms with Crippen LogP contribution in [0.1, 0.15) is 30.3 Å². The minimum atomic E-state index is -0.190. The number of aromatic amines is 1. The molecule has 25 heavy (non-hydrogen) atoms. The molecule has 4 rings (SSSR count). The van der Waals surface area contributed by atoms with E-state index in [1.807, 2.05) is 24.3 Å². The average molecular weight is 337 g/mol. The lowest BCUT2D eigenvalue weighted by molar-refractivity contribution is 0.258. The van der Waals surface area contributed by atoms with Crippen molar-refractivity contribution in [3.05, 3.63) is 76.1 Å². The molecule has 0 aliphatic carbocycles. The molecule has 1 N–H and O–H groups in total. The summed E-state index contributed by atoms with van der Waals surface area (Å²) in [6, 6.07) is 14.5. The van der Waals surface area contributed by atoms with Gasteiger partial charge >= 0.3 is 0 Å². The first-order chi connectivity index (χ1) is 12.2. The van der Waals surface area contributed by atoms with Crippen molar-refractivity contribution in [2.24, 2.45) is 0 Å². The molecule has 1 aliphatic heterocycles. The molecule has 1 aliphatic rings. The van der Waals surface area contributed by atoms with Gasteiger partial charge in [0.2, 0.25) is 0 Å². The fourth-order valence-electron chi connectivity index (χ4n) is 3.69. The number of hydrogen-bond acceptors (Lipinski definition) is 3. The van der Waals surface area contributed by atoms with E-state index < -0.39 is 0 Å². The van der Waals surface area contributed by atoms with E-state index in [0.717, 1.165) is 37.0 Å². The Bertz CT molecular complexity index is 953. The van der Waals surface area contributed by atoms with Crippen molar-refractivity contribution in [2.75, 3.05) is 13.1 Å². The lowest BCUT2D eigenvalue weighted by Gasteiger charge is -2.24. The van der Waals surface area contributed by atoms with Crippen LogP contribution < -0.4 is 5.56 Å². The van der Waals surface area contributed by atoms with Crippen molar-refractivity contribution in [3.63, 3.8) is 0 Å². The third-order valence-electron chi connectivity index (χ3n) is 4.89. The number of aromatic nitrogens is 2. The molecule has 5 heteroatoms. The van der Waals surface area contributed by atoms with Gasteiger partial charge in [0.15, 0.2) is 0 Å². The van der Waals surface area contributed by atoms with Crippen LogP contribution in [-0.2, 0) is 6.42 Å². The molecule has 4 nitrogen and oxygen atoms in total. The van der Waals surface area contributed by atoms with Crippen LogP contribution in [0.25, 0.3) is 10.9 Å². The fourth-order valence-corrected chi connectivity index (χ4v) is 3.69. The SMILES string of the molecule is O=c1[nH]c(CCN2CCCC2c2cccc(F)c2)nc2ccccc12. The van der Waals surface area contributed by atoms with Gasteiger partial charge in [-0.3, -0.25) is 9.69 Å². The van der Waals surface area contributed by atoms with E-state index in [0.29, 0.717) is 17.6 Å². The summed E-state index contributed by atoms with van der Waals surface area (Å²) in [6.45, 7) is 1.78. The maximum Gasteiger partial charge on any atom is 0.258 e. The molecule has 2 heterocycles. The highest BCUT2D eigenvalue weighted by atomic mass is 19.1. The average Bonchev–Trinajstić information content (AvgIpc) is 3.09. The van der Waals surface area contributed by atoms with Gasteiger partial charge in [0.25, 0.3) is 5.56 Å². The third-order valence-corrected chi connectivity index (χ3v) is 4.89. The maximum atomic E-state index is 13.5. The van der Waals surface area contributed by atoms with E-state index in [1.165, 1.54) is 6.07 Å². The summed E-state index contributed by atoms with van der Waals surface area (Å²) in [4.78, 5) is 22.0. The van der Waals surface area contributed by atoms with Gasteiger partial charge in [-0.05, 0) is 49.2 Å². The van der Waals surface area contributed by atoms with E-state index in [2.05, 4.69) is 14.9 Å². The van der Waals surface area contributed by atoms with Crippen LogP contribution in [0.4, 0.5) is 4.39 Å². The molecule has 3 aromatic rings. The Kier molecular flexibility index (Phi) is 4.32. The Morgan fingerprint density at radius 2 is 2.08 bits per heavy atom. The first-order valence-corrected chi connectivity index (χ1v) is 8.68. The van der Waals surface area contributed by atoms with Crippen LogP contribution in [0.3, 0.4) is 0 Å². The van der Waals surface area contributed by atoms with Crippen LogP contribution >= 0.6 is 0 Å². The van der Waals surface area contributed by atoms with E-state index in [4.69, 9.17) is 0 Å². The van der Waals surface area contributed by atoms with Crippen molar-refractivity contribution in [3.8, 4) is 0 Å². The van der Waals surface area contributed by atoms with E-state index in [-0.39, 0.29) is 17.4 Å². The van der Waals surface area contributed by atoms with Crippen LogP contribution in [0, 0.1) is 5.82 Å². The second-order valence-corrected chi connectivity index (χ2v) is 6.53. The van der Waals surface area contributed by atoms with Crippen LogP contribution in [0.2, 0.25) is 0 Å². The minimum Gasteiger partial charge on any atom is -0.310 e. The number of H-pyrrole nitrogens is 1. The first-order valence-electron chi connectivity index (χ1n) is 8.68. The number of nitrogens with zero attached hydrogens (tertiary/aromatic N) is 2. The van der Waals surface area contributed by atoms with E-state index >= 15 is 0 Å². The number of hydrogen-bond donors (Lipinski definition) is 1. The molecule has 1 unspecified atom stereocenters. The number of halogens is 1. The zero-order valence-electron chi connectivity index (χ0n) is 13.9. The van der Waals surface area contributed by atoms with Crippen molar-refractivity contribution < 1.29 is 4.39 Å². The Labute approximate surface area is 145 Å². The van der Waals surface area contributed by atoms with E-state index in [1.54, 1.807) is 18.2 Å². The van der Waals surface area contributed by atoms with Gasteiger partial charge in [-0.1, -0.05) is 24.3 Å². The highest BCUT2D eigenvalue weighted by Gasteiger charge is 2.26. The molecule has 0 saturated carbocycles. The number of para-hydroxylation sites is 1. The Morgan fingerprint density at radius 3 is 2.96 bits per heavy atom. The van der Waals surface area contributed by atoms with Crippen LogP contribution in [-0.4, -0.2) is 28.0 Å². The van der Waals surface area contributed by atoms with Gasteiger partial charge < -0.3 is 4.98 Å². The molecule has 1 fully saturated rings. The van der Waals surface area contributed by atoms with Crippen molar-refractivity contribution in [1.29, 1.82) is 0 Å². The van der Waals surface area contributed by atoms with Crippen molar-refractivity contribution in [1.82, 2.24) is 14.9 Å². The molecule has 1 saturated heterocycles. The Morgan fingerprint density at radius 1 is 1.20 bits per heavy atom. The van der Waals surface area contributed by atoms with Crippen molar-refractivity contribution >= 4 is 10.9 Å². The summed E-state index contributed by atoms with van der Waals surface area (Å²) in [5.74, 6) is 0.512. The topological polar surface area (TPSA) is 49.0 Å². The molecule has 1 atom stereocenters. The largest absolute Gasteiger partial charge is 0.310 e. The number of benzene rings is 2. The maximum absolute atomic E-state index is 13.5. The van der Waals surface area contributed by atoms with Crippen molar-refractivity contribution in [2.45, 2.75) is 25.3 Å². The highest BCUT2D eigenvalue weighted by Crippen LogP contribution is 2.32. The number of likely N-dealkylation sites (tertiary alicyclic amines) is 1. The molecule has 128 valence electrons. The summed E-state index contributed by atoms with van der Waals surface area (Å²) < 4.78 is 13.5.